The summed E-state index contributed by atoms with van der Waals surface area (Å²) in [7, 11) is 0. The van der Waals surface area contributed by atoms with E-state index in [1.807, 2.05) is 26.0 Å². The maximum absolute atomic E-state index is 12.9. The Labute approximate surface area is 171 Å². The number of fused-ring (bicyclic) bond motifs is 2. The summed E-state index contributed by atoms with van der Waals surface area (Å²) in [4.78, 5) is 17.4. The molecule has 0 aliphatic carbocycles. The van der Waals surface area contributed by atoms with Crippen LogP contribution in [-0.4, -0.2) is 30.2 Å². The van der Waals surface area contributed by atoms with Crippen molar-refractivity contribution >= 4 is 32.6 Å². The predicted molar refractivity (Wildman–Crippen MR) is 110 cm³/mol. The number of nitriles is 1. The number of benzene rings is 2. The zero-order valence-corrected chi connectivity index (χ0v) is 16.8. The average Bonchev–Trinajstić information content (AvgIpc) is 3.10. The molecule has 148 valence electrons. The van der Waals surface area contributed by atoms with Gasteiger partial charge in [0.05, 0.1) is 15.8 Å². The van der Waals surface area contributed by atoms with Gasteiger partial charge in [-0.15, -0.1) is 0 Å². The van der Waals surface area contributed by atoms with Crippen LogP contribution < -0.4 is 19.5 Å². The second-order valence-corrected chi connectivity index (χ2v) is 7.89. The number of carbonyl (C=O) groups excluding carboxylic acids is 1. The van der Waals surface area contributed by atoms with Crippen LogP contribution in [0.15, 0.2) is 36.4 Å². The van der Waals surface area contributed by atoms with E-state index in [9.17, 15) is 10.1 Å². The molecule has 1 N–H and O–H groups in total. The quantitative estimate of drug-likeness (QED) is 0.685. The highest BCUT2D eigenvalue weighted by Crippen LogP contribution is 2.38. The Bertz CT molecular complexity index is 1060. The lowest BCUT2D eigenvalue weighted by Crippen LogP contribution is -2.37. The minimum atomic E-state index is -0.767. The minimum absolute atomic E-state index is 0.106. The van der Waals surface area contributed by atoms with Gasteiger partial charge in [0.15, 0.2) is 22.7 Å². The number of ether oxygens (including phenoxy) is 3. The molecule has 0 spiro atoms. The standard InChI is InChI=1S/C21H19N3O4S/c1-12(2)19(28-15-6-4-3-5-13(15)11-22)20(25)24-21-23-14-9-16-17(10-18(14)29-21)27-8-7-26-16/h3-6,9-10,12,19H,7-8H2,1-2H3,(H,23,24,25). The summed E-state index contributed by atoms with van der Waals surface area (Å²) >= 11 is 1.35. The number of carbonyl (C=O) groups is 1. The van der Waals surface area contributed by atoms with Crippen molar-refractivity contribution in [3.05, 3.63) is 42.0 Å². The molecule has 4 rings (SSSR count). The van der Waals surface area contributed by atoms with Gasteiger partial charge < -0.3 is 14.2 Å². The van der Waals surface area contributed by atoms with E-state index in [1.54, 1.807) is 24.3 Å². The van der Waals surface area contributed by atoms with Crippen molar-refractivity contribution < 1.29 is 19.0 Å². The van der Waals surface area contributed by atoms with Crippen molar-refractivity contribution in [3.63, 3.8) is 0 Å². The molecule has 3 aromatic rings. The Kier molecular flexibility index (Phi) is 5.23. The van der Waals surface area contributed by atoms with Crippen molar-refractivity contribution in [2.24, 2.45) is 5.92 Å². The highest BCUT2D eigenvalue weighted by molar-refractivity contribution is 7.22. The van der Waals surface area contributed by atoms with Gasteiger partial charge in [0.2, 0.25) is 0 Å². The van der Waals surface area contributed by atoms with E-state index in [2.05, 4.69) is 16.4 Å². The number of nitrogens with one attached hydrogen (secondary N) is 1. The van der Waals surface area contributed by atoms with E-state index in [0.29, 0.717) is 41.2 Å². The third kappa shape index (κ3) is 3.96. The summed E-state index contributed by atoms with van der Waals surface area (Å²) in [6.07, 6.45) is -0.767. The fraction of sp³-hybridized carbons (Fsp3) is 0.286. The zero-order valence-electron chi connectivity index (χ0n) is 16.0. The molecule has 0 saturated heterocycles. The summed E-state index contributed by atoms with van der Waals surface area (Å²) in [6, 6.07) is 12.6. The smallest absolute Gasteiger partial charge is 0.267 e. The normalized spacial score (nSPS) is 13.7. The monoisotopic (exact) mass is 409 g/mol. The summed E-state index contributed by atoms with van der Waals surface area (Å²) in [5, 5.41) is 12.6. The van der Waals surface area contributed by atoms with E-state index in [1.165, 1.54) is 11.3 Å². The second kappa shape index (κ2) is 7.97. The van der Waals surface area contributed by atoms with Gasteiger partial charge >= 0.3 is 0 Å². The Hall–Kier alpha value is -3.31. The number of nitrogens with zero attached hydrogens (tertiary/aromatic N) is 2. The highest BCUT2D eigenvalue weighted by Gasteiger charge is 2.26. The minimum Gasteiger partial charge on any atom is -0.486 e. The van der Waals surface area contributed by atoms with E-state index in [-0.39, 0.29) is 11.8 Å². The Morgan fingerprint density at radius 2 is 1.97 bits per heavy atom. The lowest BCUT2D eigenvalue weighted by atomic mass is 10.1. The van der Waals surface area contributed by atoms with Crippen molar-refractivity contribution in [1.29, 1.82) is 5.26 Å². The first kappa shape index (κ1) is 19.0. The number of hydrogen-bond donors (Lipinski definition) is 1. The molecule has 0 radical (unpaired) electrons. The fourth-order valence-electron chi connectivity index (χ4n) is 2.99. The largest absolute Gasteiger partial charge is 0.486 e. The SMILES string of the molecule is CC(C)C(Oc1ccccc1C#N)C(=O)Nc1nc2cc3c(cc2s1)OCCO3. The number of anilines is 1. The summed E-state index contributed by atoms with van der Waals surface area (Å²) in [5.74, 6) is 1.30. The summed E-state index contributed by atoms with van der Waals surface area (Å²) < 4.78 is 18.0. The number of thiazole rings is 1. The third-order valence-corrected chi connectivity index (χ3v) is 5.34. The summed E-state index contributed by atoms with van der Waals surface area (Å²) in [6.45, 7) is 4.79. The molecular formula is C21H19N3O4S. The molecule has 2 aromatic carbocycles. The highest BCUT2D eigenvalue weighted by atomic mass is 32.1. The lowest BCUT2D eigenvalue weighted by molar-refractivity contribution is -0.124. The van der Waals surface area contributed by atoms with Gasteiger partial charge in [0.1, 0.15) is 25.0 Å². The van der Waals surface area contributed by atoms with Gasteiger partial charge in [-0.1, -0.05) is 37.3 Å². The third-order valence-electron chi connectivity index (χ3n) is 4.41. The zero-order chi connectivity index (χ0) is 20.4. The van der Waals surface area contributed by atoms with E-state index in [0.717, 1.165) is 10.2 Å². The fourth-order valence-corrected chi connectivity index (χ4v) is 3.86. The van der Waals surface area contributed by atoms with Crippen molar-refractivity contribution in [2.75, 3.05) is 18.5 Å². The molecule has 0 fully saturated rings. The lowest BCUT2D eigenvalue weighted by Gasteiger charge is -2.21. The molecular weight excluding hydrogens is 390 g/mol. The molecule has 1 aromatic heterocycles. The average molecular weight is 409 g/mol. The van der Waals surface area contributed by atoms with Crippen molar-refractivity contribution in [2.45, 2.75) is 20.0 Å². The van der Waals surface area contributed by atoms with Gasteiger partial charge in [-0.2, -0.15) is 5.26 Å². The van der Waals surface area contributed by atoms with E-state index >= 15 is 0 Å². The van der Waals surface area contributed by atoms with E-state index in [4.69, 9.17) is 14.2 Å². The van der Waals surface area contributed by atoms with Crippen LogP contribution >= 0.6 is 11.3 Å². The summed E-state index contributed by atoms with van der Waals surface area (Å²) in [5.41, 5.74) is 1.11. The molecule has 8 heteroatoms. The van der Waals surface area contributed by atoms with Crippen LogP contribution in [0.3, 0.4) is 0 Å². The Morgan fingerprint density at radius 1 is 1.24 bits per heavy atom. The van der Waals surface area contributed by atoms with E-state index < -0.39 is 6.10 Å². The Morgan fingerprint density at radius 3 is 2.69 bits per heavy atom. The molecule has 1 amide bonds. The van der Waals surface area contributed by atoms with Crippen LogP contribution in [0.25, 0.3) is 10.2 Å². The van der Waals surface area contributed by atoms with Crippen LogP contribution in [0.1, 0.15) is 19.4 Å². The molecule has 1 aliphatic heterocycles. The van der Waals surface area contributed by atoms with Gasteiger partial charge in [-0.25, -0.2) is 4.98 Å². The predicted octanol–water partition coefficient (Wildman–Crippen LogP) is 3.98. The molecule has 2 heterocycles. The number of amides is 1. The number of para-hydroxylation sites is 1. The number of hydrogen-bond acceptors (Lipinski definition) is 7. The van der Waals surface area contributed by atoms with Crippen LogP contribution in [-0.2, 0) is 4.79 Å². The van der Waals surface area contributed by atoms with Crippen LogP contribution in [0.2, 0.25) is 0 Å². The molecule has 1 atom stereocenters. The van der Waals surface area contributed by atoms with Crippen LogP contribution in [0, 0.1) is 17.2 Å². The molecule has 29 heavy (non-hydrogen) atoms. The molecule has 0 saturated carbocycles. The van der Waals surface area contributed by atoms with Crippen LogP contribution in [0.5, 0.6) is 17.2 Å². The van der Waals surface area contributed by atoms with Crippen molar-refractivity contribution in [1.82, 2.24) is 4.98 Å². The second-order valence-electron chi connectivity index (χ2n) is 6.86. The van der Waals surface area contributed by atoms with Crippen LogP contribution in [0.4, 0.5) is 5.13 Å². The number of aromatic nitrogens is 1. The van der Waals surface area contributed by atoms with Gasteiger partial charge in [-0.05, 0) is 18.1 Å². The Balaban J connectivity index is 1.55. The maximum Gasteiger partial charge on any atom is 0.267 e. The first-order valence-electron chi connectivity index (χ1n) is 9.22. The topological polar surface area (TPSA) is 93.5 Å². The number of rotatable bonds is 5. The first-order valence-corrected chi connectivity index (χ1v) is 10.0. The molecule has 0 bridgehead atoms. The van der Waals surface area contributed by atoms with Gasteiger partial charge in [-0.3, -0.25) is 10.1 Å². The molecule has 7 nitrogen and oxygen atoms in total. The first-order chi connectivity index (χ1) is 14.0. The molecule has 1 unspecified atom stereocenters. The van der Waals surface area contributed by atoms with Gasteiger partial charge in [0.25, 0.3) is 5.91 Å². The molecule has 1 aliphatic rings. The van der Waals surface area contributed by atoms with Crippen molar-refractivity contribution in [3.8, 4) is 23.3 Å². The van der Waals surface area contributed by atoms with Gasteiger partial charge in [0, 0.05) is 12.1 Å². The maximum atomic E-state index is 12.9.